The molecular formula is C27H29NO3S. The zero-order valence-electron chi connectivity index (χ0n) is 18.8. The number of benzene rings is 3. The number of hydrogen-bond donors (Lipinski definition) is 2. The van der Waals surface area contributed by atoms with E-state index in [2.05, 4.69) is 37.8 Å². The standard InChI is InChI=1S/C27H29NO3S/c1-4-28(5-2)14-15-31-22-12-6-18(3)24(17-22)26-23-13-11-21(30)16-25(23)32-27(26)19-7-9-20(29)10-8-19/h6-13,16-17,29-30H,4-5,14-15H2,1-3H3. The smallest absolute Gasteiger partial charge is 0.120 e. The third-order valence-corrected chi connectivity index (χ3v) is 7.05. The van der Waals surface area contributed by atoms with Crippen molar-refractivity contribution in [2.24, 2.45) is 0 Å². The molecule has 0 atom stereocenters. The van der Waals surface area contributed by atoms with Gasteiger partial charge in [-0.05, 0) is 91.3 Å². The first-order chi connectivity index (χ1) is 15.5. The number of phenols is 2. The molecule has 3 aromatic carbocycles. The Morgan fingerprint density at radius 2 is 1.59 bits per heavy atom. The van der Waals surface area contributed by atoms with Crippen LogP contribution in [0.3, 0.4) is 0 Å². The topological polar surface area (TPSA) is 52.9 Å². The molecule has 0 amide bonds. The van der Waals surface area contributed by atoms with Crippen molar-refractivity contribution in [3.63, 3.8) is 0 Å². The number of rotatable bonds is 8. The van der Waals surface area contributed by atoms with Crippen LogP contribution in [0.1, 0.15) is 19.4 Å². The van der Waals surface area contributed by atoms with Gasteiger partial charge in [-0.15, -0.1) is 11.3 Å². The zero-order valence-corrected chi connectivity index (χ0v) is 19.6. The Morgan fingerprint density at radius 1 is 0.875 bits per heavy atom. The highest BCUT2D eigenvalue weighted by Crippen LogP contribution is 2.47. The van der Waals surface area contributed by atoms with Crippen LogP contribution in [0.25, 0.3) is 31.7 Å². The van der Waals surface area contributed by atoms with E-state index in [0.29, 0.717) is 6.61 Å². The Bertz CT molecular complexity index is 1210. The Labute approximate surface area is 193 Å². The summed E-state index contributed by atoms with van der Waals surface area (Å²) in [4.78, 5) is 3.45. The van der Waals surface area contributed by atoms with Gasteiger partial charge >= 0.3 is 0 Å². The van der Waals surface area contributed by atoms with Crippen molar-refractivity contribution < 1.29 is 14.9 Å². The molecule has 4 rings (SSSR count). The van der Waals surface area contributed by atoms with E-state index in [9.17, 15) is 10.2 Å². The summed E-state index contributed by atoms with van der Waals surface area (Å²) in [7, 11) is 0. The average molecular weight is 448 g/mol. The summed E-state index contributed by atoms with van der Waals surface area (Å²) in [5, 5.41) is 20.9. The number of fused-ring (bicyclic) bond motifs is 1. The van der Waals surface area contributed by atoms with Gasteiger partial charge < -0.3 is 19.8 Å². The Hall–Kier alpha value is -3.02. The highest BCUT2D eigenvalue weighted by Gasteiger charge is 2.18. The second kappa shape index (κ2) is 9.63. The van der Waals surface area contributed by atoms with Crippen LogP contribution in [-0.2, 0) is 0 Å². The van der Waals surface area contributed by atoms with E-state index in [1.165, 1.54) is 0 Å². The zero-order chi connectivity index (χ0) is 22.7. The van der Waals surface area contributed by atoms with Crippen LogP contribution in [0, 0.1) is 6.92 Å². The van der Waals surface area contributed by atoms with E-state index < -0.39 is 0 Å². The van der Waals surface area contributed by atoms with E-state index in [4.69, 9.17) is 4.74 Å². The SMILES string of the molecule is CCN(CC)CCOc1ccc(C)c(-c2c(-c3ccc(O)cc3)sc3cc(O)ccc23)c1. The lowest BCUT2D eigenvalue weighted by Gasteiger charge is -2.18. The third kappa shape index (κ3) is 4.59. The summed E-state index contributed by atoms with van der Waals surface area (Å²) >= 11 is 1.65. The molecular weight excluding hydrogens is 418 g/mol. The third-order valence-electron chi connectivity index (χ3n) is 5.85. The Kier molecular flexibility index (Phi) is 6.68. The maximum absolute atomic E-state index is 10.0. The molecule has 4 aromatic rings. The van der Waals surface area contributed by atoms with Crippen molar-refractivity contribution in [2.75, 3.05) is 26.2 Å². The molecule has 0 aliphatic carbocycles. The number of hydrogen-bond acceptors (Lipinski definition) is 5. The second-order valence-electron chi connectivity index (χ2n) is 7.89. The predicted octanol–water partition coefficient (Wildman–Crippen LogP) is 6.68. The summed E-state index contributed by atoms with van der Waals surface area (Å²) in [6, 6.07) is 19.1. The minimum Gasteiger partial charge on any atom is -0.508 e. The molecule has 0 saturated heterocycles. The van der Waals surface area contributed by atoms with Gasteiger partial charge in [0.15, 0.2) is 0 Å². The van der Waals surface area contributed by atoms with Crippen LogP contribution in [0.15, 0.2) is 60.7 Å². The van der Waals surface area contributed by atoms with Gasteiger partial charge in [0.25, 0.3) is 0 Å². The molecule has 0 radical (unpaired) electrons. The van der Waals surface area contributed by atoms with E-state index >= 15 is 0 Å². The molecule has 1 heterocycles. The first-order valence-electron chi connectivity index (χ1n) is 11.0. The molecule has 0 saturated carbocycles. The van der Waals surface area contributed by atoms with E-state index in [1.807, 2.05) is 30.3 Å². The predicted molar refractivity (Wildman–Crippen MR) is 134 cm³/mol. The highest BCUT2D eigenvalue weighted by molar-refractivity contribution is 7.23. The quantitative estimate of drug-likeness (QED) is 0.316. The van der Waals surface area contributed by atoms with Gasteiger partial charge in [0.05, 0.1) is 0 Å². The van der Waals surface area contributed by atoms with E-state index in [-0.39, 0.29) is 11.5 Å². The molecule has 32 heavy (non-hydrogen) atoms. The summed E-state index contributed by atoms with van der Waals surface area (Å²) in [5.41, 5.74) is 4.44. The largest absolute Gasteiger partial charge is 0.508 e. The normalized spacial score (nSPS) is 11.4. The number of aryl methyl sites for hydroxylation is 1. The molecule has 0 aliphatic heterocycles. The first-order valence-corrected chi connectivity index (χ1v) is 11.8. The number of ether oxygens (including phenoxy) is 1. The molecule has 0 unspecified atom stereocenters. The van der Waals surface area contributed by atoms with Crippen molar-refractivity contribution in [3.8, 4) is 38.8 Å². The number of nitrogens with zero attached hydrogens (tertiary/aromatic N) is 1. The minimum atomic E-state index is 0.244. The molecule has 0 fully saturated rings. The molecule has 0 aliphatic rings. The van der Waals surface area contributed by atoms with Crippen molar-refractivity contribution >= 4 is 21.4 Å². The van der Waals surface area contributed by atoms with Gasteiger partial charge in [0, 0.05) is 27.1 Å². The molecule has 5 heteroatoms. The lowest BCUT2D eigenvalue weighted by atomic mass is 9.95. The molecule has 166 valence electrons. The lowest BCUT2D eigenvalue weighted by Crippen LogP contribution is -2.27. The van der Waals surface area contributed by atoms with Crippen molar-refractivity contribution in [3.05, 3.63) is 66.2 Å². The second-order valence-corrected chi connectivity index (χ2v) is 8.94. The van der Waals surface area contributed by atoms with E-state index in [1.54, 1.807) is 29.5 Å². The summed E-state index contributed by atoms with van der Waals surface area (Å²) in [5.74, 6) is 1.36. The fourth-order valence-corrected chi connectivity index (χ4v) is 5.22. The van der Waals surface area contributed by atoms with E-state index in [0.717, 1.165) is 62.6 Å². The van der Waals surface area contributed by atoms with Gasteiger partial charge in [0.2, 0.25) is 0 Å². The van der Waals surface area contributed by atoms with Gasteiger partial charge in [-0.2, -0.15) is 0 Å². The van der Waals surface area contributed by atoms with Gasteiger partial charge in [-0.25, -0.2) is 0 Å². The van der Waals surface area contributed by atoms with Crippen LogP contribution in [0.5, 0.6) is 17.2 Å². The number of aromatic hydroxyl groups is 2. The summed E-state index contributed by atoms with van der Waals surface area (Å²) in [6.45, 7) is 10.0. The lowest BCUT2D eigenvalue weighted by molar-refractivity contribution is 0.223. The molecule has 0 spiro atoms. The van der Waals surface area contributed by atoms with Crippen LogP contribution in [0.2, 0.25) is 0 Å². The monoisotopic (exact) mass is 447 g/mol. The summed E-state index contributed by atoms with van der Waals surface area (Å²) < 4.78 is 7.14. The number of thiophene rings is 1. The van der Waals surface area contributed by atoms with Gasteiger partial charge in [0.1, 0.15) is 23.9 Å². The maximum atomic E-state index is 10.0. The van der Waals surface area contributed by atoms with Gasteiger partial charge in [-0.3, -0.25) is 0 Å². The fourth-order valence-electron chi connectivity index (χ4n) is 3.96. The average Bonchev–Trinajstić information content (AvgIpc) is 3.16. The number of phenolic OH excluding ortho intramolecular Hbond substituents is 2. The van der Waals surface area contributed by atoms with Crippen LogP contribution in [-0.4, -0.2) is 41.4 Å². The summed E-state index contributed by atoms with van der Waals surface area (Å²) in [6.07, 6.45) is 0. The number of likely N-dealkylation sites (N-methyl/N-ethyl adjacent to an activating group) is 1. The van der Waals surface area contributed by atoms with Crippen LogP contribution in [0.4, 0.5) is 0 Å². The van der Waals surface area contributed by atoms with Crippen molar-refractivity contribution in [2.45, 2.75) is 20.8 Å². The Morgan fingerprint density at radius 3 is 2.31 bits per heavy atom. The molecule has 2 N–H and O–H groups in total. The minimum absolute atomic E-state index is 0.244. The van der Waals surface area contributed by atoms with Crippen LogP contribution < -0.4 is 4.74 Å². The highest BCUT2D eigenvalue weighted by atomic mass is 32.1. The Balaban J connectivity index is 1.78. The maximum Gasteiger partial charge on any atom is 0.120 e. The van der Waals surface area contributed by atoms with Crippen LogP contribution >= 0.6 is 11.3 Å². The fraction of sp³-hybridized carbons (Fsp3) is 0.259. The molecule has 1 aromatic heterocycles. The van der Waals surface area contributed by atoms with Gasteiger partial charge in [-0.1, -0.05) is 19.9 Å². The molecule has 0 bridgehead atoms. The first kappa shape index (κ1) is 22.2. The molecule has 4 nitrogen and oxygen atoms in total. The van der Waals surface area contributed by atoms with Crippen molar-refractivity contribution in [1.82, 2.24) is 4.90 Å². The van der Waals surface area contributed by atoms with Crippen molar-refractivity contribution in [1.29, 1.82) is 0 Å².